The zero-order chi connectivity index (χ0) is 12.5. The molecular formula is C14H16N2OS. The lowest BCUT2D eigenvalue weighted by molar-refractivity contribution is 0.357. The van der Waals surface area contributed by atoms with Gasteiger partial charge in [-0.15, -0.1) is 11.3 Å². The van der Waals surface area contributed by atoms with Crippen LogP contribution in [0, 0.1) is 13.8 Å². The summed E-state index contributed by atoms with van der Waals surface area (Å²) in [6, 6.07) is 6.31. The molecule has 0 bridgehead atoms. The molecule has 0 saturated carbocycles. The summed E-state index contributed by atoms with van der Waals surface area (Å²) in [5.41, 5.74) is 3.59. The molecule has 2 heterocycles. The summed E-state index contributed by atoms with van der Waals surface area (Å²) in [5, 5.41) is 4.59. The Morgan fingerprint density at radius 1 is 1.39 bits per heavy atom. The summed E-state index contributed by atoms with van der Waals surface area (Å²) in [7, 11) is 0. The molecule has 0 atom stereocenters. The Balaban J connectivity index is 1.72. The lowest BCUT2D eigenvalue weighted by atomic mass is 10.1. The van der Waals surface area contributed by atoms with Gasteiger partial charge in [-0.3, -0.25) is 0 Å². The summed E-state index contributed by atoms with van der Waals surface area (Å²) in [5.74, 6) is 1.03. The van der Waals surface area contributed by atoms with Crippen LogP contribution in [0.15, 0.2) is 18.2 Å². The molecule has 0 unspecified atom stereocenters. The third kappa shape index (κ3) is 2.20. The second-order valence-electron chi connectivity index (χ2n) is 4.52. The third-order valence-electron chi connectivity index (χ3n) is 3.14. The maximum absolute atomic E-state index is 5.50. The van der Waals surface area contributed by atoms with Crippen molar-refractivity contribution in [3.8, 4) is 5.75 Å². The summed E-state index contributed by atoms with van der Waals surface area (Å²) in [4.78, 5) is 5.75. The second-order valence-corrected chi connectivity index (χ2v) is 5.80. The molecule has 3 rings (SSSR count). The van der Waals surface area contributed by atoms with Crippen LogP contribution in [-0.4, -0.2) is 11.6 Å². The predicted molar refractivity (Wildman–Crippen MR) is 74.6 cm³/mol. The van der Waals surface area contributed by atoms with E-state index in [-0.39, 0.29) is 0 Å². The van der Waals surface area contributed by atoms with Crippen molar-refractivity contribution in [2.45, 2.75) is 26.8 Å². The molecule has 1 aromatic heterocycles. The van der Waals surface area contributed by atoms with Gasteiger partial charge in [0, 0.05) is 17.0 Å². The number of rotatable bonds is 3. The molecule has 0 radical (unpaired) electrons. The van der Waals surface area contributed by atoms with Gasteiger partial charge in [0.2, 0.25) is 0 Å². The van der Waals surface area contributed by atoms with E-state index in [0.717, 1.165) is 41.7 Å². The van der Waals surface area contributed by atoms with E-state index in [1.807, 2.05) is 6.92 Å². The number of aryl methyl sites for hydroxylation is 2. The number of ether oxygens (including phenoxy) is 1. The number of aromatic nitrogens is 1. The first-order valence-corrected chi connectivity index (χ1v) is 6.96. The van der Waals surface area contributed by atoms with Gasteiger partial charge in [-0.1, -0.05) is 0 Å². The lowest BCUT2D eigenvalue weighted by Gasteiger charge is -2.07. The highest BCUT2D eigenvalue weighted by atomic mass is 32.1. The van der Waals surface area contributed by atoms with E-state index in [4.69, 9.17) is 4.74 Å². The fraction of sp³-hybridized carbons (Fsp3) is 0.357. The van der Waals surface area contributed by atoms with Gasteiger partial charge in [0.1, 0.15) is 5.75 Å². The summed E-state index contributed by atoms with van der Waals surface area (Å²) >= 11 is 1.76. The molecule has 2 aromatic rings. The van der Waals surface area contributed by atoms with Crippen molar-refractivity contribution in [3.63, 3.8) is 0 Å². The standard InChI is InChI=1S/C14H16N2OS/c1-9-14(18-10(2)16-9)8-15-12-3-4-13-11(7-12)5-6-17-13/h3-4,7,15H,5-6,8H2,1-2H3. The van der Waals surface area contributed by atoms with Crippen LogP contribution in [0.5, 0.6) is 5.75 Å². The van der Waals surface area contributed by atoms with Gasteiger partial charge >= 0.3 is 0 Å². The highest BCUT2D eigenvalue weighted by Crippen LogP contribution is 2.28. The number of hydrogen-bond acceptors (Lipinski definition) is 4. The molecule has 0 fully saturated rings. The van der Waals surface area contributed by atoms with Crippen molar-refractivity contribution in [1.82, 2.24) is 4.98 Å². The molecular weight excluding hydrogens is 244 g/mol. The van der Waals surface area contributed by atoms with Gasteiger partial charge in [0.05, 0.1) is 23.9 Å². The van der Waals surface area contributed by atoms with Crippen molar-refractivity contribution in [1.29, 1.82) is 0 Å². The SMILES string of the molecule is Cc1nc(C)c(CNc2ccc3c(c2)CCO3)s1. The van der Waals surface area contributed by atoms with Crippen molar-refractivity contribution in [2.75, 3.05) is 11.9 Å². The van der Waals surface area contributed by atoms with Gasteiger partial charge in [-0.2, -0.15) is 0 Å². The predicted octanol–water partition coefficient (Wildman–Crippen LogP) is 3.31. The molecule has 94 valence electrons. The number of nitrogens with one attached hydrogen (secondary N) is 1. The second kappa shape index (κ2) is 4.61. The molecule has 0 aliphatic carbocycles. The van der Waals surface area contributed by atoms with E-state index < -0.39 is 0 Å². The first-order chi connectivity index (χ1) is 8.72. The minimum Gasteiger partial charge on any atom is -0.493 e. The third-order valence-corrected chi connectivity index (χ3v) is 4.21. The molecule has 18 heavy (non-hydrogen) atoms. The van der Waals surface area contributed by atoms with Gasteiger partial charge < -0.3 is 10.1 Å². The molecule has 3 nitrogen and oxygen atoms in total. The van der Waals surface area contributed by atoms with Crippen LogP contribution in [-0.2, 0) is 13.0 Å². The van der Waals surface area contributed by atoms with E-state index in [9.17, 15) is 0 Å². The first kappa shape index (κ1) is 11.5. The van der Waals surface area contributed by atoms with Gasteiger partial charge in [0.25, 0.3) is 0 Å². The topological polar surface area (TPSA) is 34.2 Å². The Hall–Kier alpha value is -1.55. The van der Waals surface area contributed by atoms with E-state index in [2.05, 4.69) is 35.4 Å². The van der Waals surface area contributed by atoms with E-state index >= 15 is 0 Å². The van der Waals surface area contributed by atoms with Gasteiger partial charge in [0.15, 0.2) is 0 Å². The number of thiazole rings is 1. The molecule has 0 saturated heterocycles. The highest BCUT2D eigenvalue weighted by molar-refractivity contribution is 7.11. The van der Waals surface area contributed by atoms with Crippen LogP contribution in [0.1, 0.15) is 21.1 Å². The number of nitrogens with zero attached hydrogens (tertiary/aromatic N) is 1. The molecule has 1 aromatic carbocycles. The van der Waals surface area contributed by atoms with Crippen LogP contribution in [0.2, 0.25) is 0 Å². The number of anilines is 1. The fourth-order valence-corrected chi connectivity index (χ4v) is 3.09. The average molecular weight is 260 g/mol. The van der Waals surface area contributed by atoms with Gasteiger partial charge in [-0.25, -0.2) is 4.98 Å². The molecule has 0 spiro atoms. The Labute approximate surface area is 111 Å². The summed E-state index contributed by atoms with van der Waals surface area (Å²) in [6.07, 6.45) is 1.02. The monoisotopic (exact) mass is 260 g/mol. The minimum absolute atomic E-state index is 0.811. The molecule has 1 aliphatic rings. The van der Waals surface area contributed by atoms with E-state index in [1.165, 1.54) is 10.4 Å². The summed E-state index contributed by atoms with van der Waals surface area (Å²) in [6.45, 7) is 5.77. The zero-order valence-corrected chi connectivity index (χ0v) is 11.4. The zero-order valence-electron chi connectivity index (χ0n) is 10.6. The lowest BCUT2D eigenvalue weighted by Crippen LogP contribution is -1.99. The maximum atomic E-state index is 5.50. The Kier molecular flexibility index (Phi) is 2.96. The number of hydrogen-bond donors (Lipinski definition) is 1. The maximum Gasteiger partial charge on any atom is 0.122 e. The summed E-state index contributed by atoms with van der Waals surface area (Å²) < 4.78 is 5.50. The first-order valence-electron chi connectivity index (χ1n) is 6.15. The van der Waals surface area contributed by atoms with Gasteiger partial charge in [-0.05, 0) is 37.6 Å². The Morgan fingerprint density at radius 2 is 2.28 bits per heavy atom. The van der Waals surface area contributed by atoms with Crippen LogP contribution in [0.25, 0.3) is 0 Å². The van der Waals surface area contributed by atoms with E-state index in [1.54, 1.807) is 11.3 Å². The molecule has 4 heteroatoms. The quantitative estimate of drug-likeness (QED) is 0.919. The van der Waals surface area contributed by atoms with Crippen molar-refractivity contribution in [3.05, 3.63) is 39.3 Å². The average Bonchev–Trinajstić information content (AvgIpc) is 2.92. The number of benzene rings is 1. The minimum atomic E-state index is 0.811. The Bertz CT molecular complexity index is 577. The van der Waals surface area contributed by atoms with Crippen molar-refractivity contribution in [2.24, 2.45) is 0 Å². The smallest absolute Gasteiger partial charge is 0.122 e. The Morgan fingerprint density at radius 3 is 3.06 bits per heavy atom. The van der Waals surface area contributed by atoms with E-state index in [0.29, 0.717) is 0 Å². The highest BCUT2D eigenvalue weighted by Gasteiger charge is 2.12. The van der Waals surface area contributed by atoms with Crippen LogP contribution in [0.3, 0.4) is 0 Å². The fourth-order valence-electron chi connectivity index (χ4n) is 2.22. The largest absolute Gasteiger partial charge is 0.493 e. The molecule has 1 aliphatic heterocycles. The van der Waals surface area contributed by atoms with Crippen LogP contribution < -0.4 is 10.1 Å². The van der Waals surface area contributed by atoms with Crippen LogP contribution >= 0.6 is 11.3 Å². The van der Waals surface area contributed by atoms with Crippen molar-refractivity contribution < 1.29 is 4.74 Å². The normalized spacial score (nSPS) is 13.2. The number of fused-ring (bicyclic) bond motifs is 1. The molecule has 0 amide bonds. The molecule has 1 N–H and O–H groups in total. The van der Waals surface area contributed by atoms with Crippen LogP contribution in [0.4, 0.5) is 5.69 Å². The van der Waals surface area contributed by atoms with Crippen molar-refractivity contribution >= 4 is 17.0 Å².